The normalized spacial score (nSPS) is 17.2. The average molecular weight is 541 g/mol. The molecule has 4 rings (SSSR count). The van der Waals surface area contributed by atoms with Gasteiger partial charge < -0.3 is 10.1 Å². The standard InChI is InChI=1S/C23H28N2O7S3/c1-3-32-23(27)20-18-5-4-6-19(18)33-22(20)24-21(26)15-11-13-25(14-12-15)35(30,31)17-9-7-16(8-10-17)34(2,28)29/h7-10,15H,3-6,11-14H2,1-2H3,(H,24,26). The second-order valence-corrected chi connectivity index (χ2v) is 13.8. The van der Waals surface area contributed by atoms with E-state index in [4.69, 9.17) is 4.74 Å². The number of hydrogen-bond donors (Lipinski definition) is 1. The van der Waals surface area contributed by atoms with Gasteiger partial charge >= 0.3 is 5.97 Å². The first-order chi connectivity index (χ1) is 16.5. The highest BCUT2D eigenvalue weighted by Crippen LogP contribution is 2.40. The number of fused-ring (bicyclic) bond motifs is 1. The first-order valence-corrected chi connectivity index (χ1v) is 15.6. The molecule has 0 saturated carbocycles. The molecular formula is C23H28N2O7S3. The highest BCUT2D eigenvalue weighted by atomic mass is 32.2. The molecule has 0 radical (unpaired) electrons. The summed E-state index contributed by atoms with van der Waals surface area (Å²) in [6.45, 7) is 2.32. The number of rotatable bonds is 7. The fourth-order valence-electron chi connectivity index (χ4n) is 4.49. The van der Waals surface area contributed by atoms with Gasteiger partial charge in [-0.2, -0.15) is 4.31 Å². The number of nitrogens with zero attached hydrogens (tertiary/aromatic N) is 1. The number of nitrogens with one attached hydrogen (secondary N) is 1. The molecule has 2 aliphatic rings. The van der Waals surface area contributed by atoms with Gasteiger partial charge in [0.15, 0.2) is 9.84 Å². The van der Waals surface area contributed by atoms with Crippen molar-refractivity contribution in [1.29, 1.82) is 0 Å². The Bertz CT molecular complexity index is 1340. The SMILES string of the molecule is CCOC(=O)c1c(NC(=O)C2CCN(S(=O)(=O)c3ccc(S(C)(=O)=O)cc3)CC2)sc2c1CCC2. The molecule has 1 aliphatic carbocycles. The molecule has 9 nitrogen and oxygen atoms in total. The highest BCUT2D eigenvalue weighted by Gasteiger charge is 2.34. The van der Waals surface area contributed by atoms with Crippen molar-refractivity contribution in [2.24, 2.45) is 5.92 Å². The zero-order valence-electron chi connectivity index (χ0n) is 19.6. The number of benzene rings is 1. The number of sulfonamides is 1. The number of aryl methyl sites for hydroxylation is 1. The lowest BCUT2D eigenvalue weighted by atomic mass is 9.97. The van der Waals surface area contributed by atoms with E-state index in [0.29, 0.717) is 23.4 Å². The topological polar surface area (TPSA) is 127 Å². The molecule has 1 aliphatic heterocycles. The van der Waals surface area contributed by atoms with Crippen molar-refractivity contribution in [2.45, 2.75) is 48.8 Å². The van der Waals surface area contributed by atoms with Gasteiger partial charge in [0.05, 0.1) is 22.0 Å². The van der Waals surface area contributed by atoms with Crippen molar-refractivity contribution in [1.82, 2.24) is 4.31 Å². The highest BCUT2D eigenvalue weighted by molar-refractivity contribution is 7.90. The minimum absolute atomic E-state index is 0.0139. The summed E-state index contributed by atoms with van der Waals surface area (Å²) in [6, 6.07) is 5.14. The Morgan fingerprint density at radius 1 is 1.06 bits per heavy atom. The number of carbonyl (C=O) groups is 2. The lowest BCUT2D eigenvalue weighted by Gasteiger charge is -2.30. The Morgan fingerprint density at radius 2 is 1.69 bits per heavy atom. The summed E-state index contributed by atoms with van der Waals surface area (Å²) in [5, 5.41) is 3.42. The average Bonchev–Trinajstić information content (AvgIpc) is 3.39. The smallest absolute Gasteiger partial charge is 0.341 e. The van der Waals surface area contributed by atoms with Crippen molar-refractivity contribution >= 4 is 48.1 Å². The van der Waals surface area contributed by atoms with E-state index in [1.54, 1.807) is 6.92 Å². The van der Waals surface area contributed by atoms with Gasteiger partial charge in [-0.1, -0.05) is 0 Å². The molecule has 0 bridgehead atoms. The third-order valence-corrected chi connectivity index (χ3v) is 10.6. The maximum absolute atomic E-state index is 13.0. The molecule has 1 aromatic heterocycles. The summed E-state index contributed by atoms with van der Waals surface area (Å²) < 4.78 is 55.8. The summed E-state index contributed by atoms with van der Waals surface area (Å²) in [4.78, 5) is 26.7. The number of hydrogen-bond acceptors (Lipinski definition) is 8. The first kappa shape index (κ1) is 25.8. The monoisotopic (exact) mass is 540 g/mol. The fraction of sp³-hybridized carbons (Fsp3) is 0.478. The third kappa shape index (κ3) is 5.30. The molecule has 2 heterocycles. The predicted molar refractivity (Wildman–Crippen MR) is 132 cm³/mol. The molecule has 0 atom stereocenters. The first-order valence-electron chi connectivity index (χ1n) is 11.4. The van der Waals surface area contributed by atoms with Gasteiger partial charge in [-0.15, -0.1) is 11.3 Å². The van der Waals surface area contributed by atoms with Gasteiger partial charge in [0.25, 0.3) is 0 Å². The van der Waals surface area contributed by atoms with E-state index in [2.05, 4.69) is 5.32 Å². The Labute approximate surface area is 209 Å². The van der Waals surface area contributed by atoms with Crippen LogP contribution in [0.4, 0.5) is 5.00 Å². The summed E-state index contributed by atoms with van der Waals surface area (Å²) in [5.41, 5.74) is 1.42. The summed E-state index contributed by atoms with van der Waals surface area (Å²) >= 11 is 1.42. The van der Waals surface area contributed by atoms with Gasteiger partial charge in [-0.25, -0.2) is 21.6 Å². The van der Waals surface area contributed by atoms with Crippen molar-refractivity contribution in [3.63, 3.8) is 0 Å². The van der Waals surface area contributed by atoms with Crippen LogP contribution >= 0.6 is 11.3 Å². The van der Waals surface area contributed by atoms with Crippen LogP contribution < -0.4 is 5.32 Å². The van der Waals surface area contributed by atoms with E-state index in [0.717, 1.165) is 36.0 Å². The van der Waals surface area contributed by atoms with Crippen LogP contribution in [-0.2, 0) is 42.2 Å². The quantitative estimate of drug-likeness (QED) is 0.535. The Balaban J connectivity index is 1.42. The lowest BCUT2D eigenvalue weighted by molar-refractivity contribution is -0.120. The molecule has 1 aromatic carbocycles. The number of anilines is 1. The van der Waals surface area contributed by atoms with Crippen LogP contribution in [0.3, 0.4) is 0 Å². The maximum atomic E-state index is 13.0. The second kappa shape index (κ2) is 10.00. The number of ether oxygens (including phenoxy) is 1. The van der Waals surface area contributed by atoms with Gasteiger partial charge in [0, 0.05) is 30.1 Å². The molecular weight excluding hydrogens is 512 g/mol. The molecule has 190 valence electrons. The number of thiophene rings is 1. The van der Waals surface area contributed by atoms with Crippen molar-refractivity contribution < 1.29 is 31.2 Å². The van der Waals surface area contributed by atoms with Crippen molar-refractivity contribution in [2.75, 3.05) is 31.3 Å². The van der Waals surface area contributed by atoms with Crippen molar-refractivity contribution in [3.05, 3.63) is 40.3 Å². The Morgan fingerprint density at radius 3 is 2.29 bits per heavy atom. The summed E-state index contributed by atoms with van der Waals surface area (Å²) in [7, 11) is -7.23. The van der Waals surface area contributed by atoms with Crippen LogP contribution in [0.25, 0.3) is 0 Å². The summed E-state index contributed by atoms with van der Waals surface area (Å²) in [6.07, 6.45) is 4.39. The van der Waals surface area contributed by atoms with E-state index in [1.807, 2.05) is 0 Å². The van der Waals surface area contributed by atoms with Gasteiger partial charge in [-0.05, 0) is 68.9 Å². The Kier molecular flexibility index (Phi) is 7.37. The van der Waals surface area contributed by atoms with Crippen molar-refractivity contribution in [3.8, 4) is 0 Å². The largest absolute Gasteiger partial charge is 0.462 e. The molecule has 2 aromatic rings. The minimum Gasteiger partial charge on any atom is -0.462 e. The minimum atomic E-state index is -3.81. The van der Waals surface area contributed by atoms with Gasteiger partial charge in [-0.3, -0.25) is 4.79 Å². The van der Waals surface area contributed by atoms with E-state index in [9.17, 15) is 26.4 Å². The third-order valence-electron chi connectivity index (χ3n) is 6.35. The molecule has 0 unspecified atom stereocenters. The van der Waals surface area contributed by atoms with E-state index in [1.165, 1.54) is 39.9 Å². The summed E-state index contributed by atoms with van der Waals surface area (Å²) in [5.74, 6) is -1.05. The van der Waals surface area contributed by atoms with E-state index >= 15 is 0 Å². The molecule has 1 saturated heterocycles. The number of amides is 1. The van der Waals surface area contributed by atoms with Crippen LogP contribution in [0.5, 0.6) is 0 Å². The predicted octanol–water partition coefficient (Wildman–Crippen LogP) is 2.86. The molecule has 1 N–H and O–H groups in total. The van der Waals surface area contributed by atoms with Crippen LogP contribution in [0.15, 0.2) is 34.1 Å². The molecule has 0 spiro atoms. The second-order valence-electron chi connectivity index (χ2n) is 8.69. The molecule has 1 amide bonds. The van der Waals surface area contributed by atoms with E-state index in [-0.39, 0.29) is 41.3 Å². The van der Waals surface area contributed by atoms with Crippen LogP contribution in [0.2, 0.25) is 0 Å². The molecule has 1 fully saturated rings. The maximum Gasteiger partial charge on any atom is 0.341 e. The lowest BCUT2D eigenvalue weighted by Crippen LogP contribution is -2.41. The zero-order valence-corrected chi connectivity index (χ0v) is 22.0. The van der Waals surface area contributed by atoms with Gasteiger partial charge in [0.2, 0.25) is 15.9 Å². The number of piperidine rings is 1. The number of sulfone groups is 1. The van der Waals surface area contributed by atoms with Gasteiger partial charge in [0.1, 0.15) is 5.00 Å². The van der Waals surface area contributed by atoms with E-state index < -0.39 is 25.8 Å². The zero-order chi connectivity index (χ0) is 25.4. The van der Waals surface area contributed by atoms with Crippen LogP contribution in [0, 0.1) is 5.92 Å². The van der Waals surface area contributed by atoms with Crippen LogP contribution in [0.1, 0.15) is 47.0 Å². The number of esters is 1. The fourth-order valence-corrected chi connectivity index (χ4v) is 7.87. The molecule has 12 heteroatoms. The van der Waals surface area contributed by atoms with Crippen LogP contribution in [-0.4, -0.2) is 59.0 Å². The Hall–Kier alpha value is -2.28. The number of carbonyl (C=O) groups excluding carboxylic acids is 2. The molecule has 35 heavy (non-hydrogen) atoms.